The molecule has 6 heteroatoms. The first-order valence-electron chi connectivity index (χ1n) is 6.68. The van der Waals surface area contributed by atoms with E-state index in [1.165, 1.54) is 7.11 Å². The van der Waals surface area contributed by atoms with Crippen molar-refractivity contribution in [2.24, 2.45) is 4.99 Å². The van der Waals surface area contributed by atoms with E-state index >= 15 is 0 Å². The minimum absolute atomic E-state index is 0.298. The molecule has 2 aliphatic heterocycles. The molecule has 0 aromatic carbocycles. The smallest absolute Gasteiger partial charge is 0.334 e. The molecule has 19 heavy (non-hydrogen) atoms. The number of carbonyl (C=O) groups is 1. The van der Waals surface area contributed by atoms with Crippen LogP contribution in [0.3, 0.4) is 0 Å². The molecule has 1 fully saturated rings. The van der Waals surface area contributed by atoms with Gasteiger partial charge in [0.2, 0.25) is 0 Å². The van der Waals surface area contributed by atoms with Crippen molar-refractivity contribution >= 4 is 11.9 Å². The number of nitrogens with zero attached hydrogens (tertiary/aromatic N) is 1. The Morgan fingerprint density at radius 3 is 2.84 bits per heavy atom. The van der Waals surface area contributed by atoms with Gasteiger partial charge in [-0.05, 0) is 19.8 Å². The molecule has 0 amide bonds. The molecule has 0 saturated carbocycles. The Hall–Kier alpha value is -1.14. The van der Waals surface area contributed by atoms with Crippen LogP contribution in [-0.4, -0.2) is 50.6 Å². The van der Waals surface area contributed by atoms with Crippen LogP contribution in [0.4, 0.5) is 0 Å². The van der Waals surface area contributed by atoms with E-state index in [0.29, 0.717) is 25.7 Å². The van der Waals surface area contributed by atoms with Crippen molar-refractivity contribution in [1.82, 2.24) is 0 Å². The molecule has 0 spiro atoms. The van der Waals surface area contributed by atoms with Crippen LogP contribution < -0.4 is 0 Å². The molecule has 0 aromatic rings. The number of hydrogen-bond donors (Lipinski definition) is 0. The Morgan fingerprint density at radius 1 is 1.42 bits per heavy atom. The predicted molar refractivity (Wildman–Crippen MR) is 68.0 cm³/mol. The van der Waals surface area contributed by atoms with Crippen LogP contribution in [0.1, 0.15) is 32.6 Å². The zero-order valence-electron chi connectivity index (χ0n) is 11.5. The van der Waals surface area contributed by atoms with E-state index in [0.717, 1.165) is 25.7 Å². The van der Waals surface area contributed by atoms with Crippen molar-refractivity contribution in [3.63, 3.8) is 0 Å². The summed E-state index contributed by atoms with van der Waals surface area (Å²) in [4.78, 5) is 15.5. The fourth-order valence-corrected chi connectivity index (χ4v) is 2.24. The second-order valence-electron chi connectivity index (χ2n) is 4.91. The molecule has 0 aliphatic carbocycles. The number of carbonyl (C=O) groups excluding carboxylic acids is 1. The van der Waals surface area contributed by atoms with Gasteiger partial charge >= 0.3 is 5.97 Å². The number of hydrogen-bond acceptors (Lipinski definition) is 6. The normalized spacial score (nSPS) is 24.9. The van der Waals surface area contributed by atoms with Crippen molar-refractivity contribution in [1.29, 1.82) is 0 Å². The Balaban J connectivity index is 1.65. The van der Waals surface area contributed by atoms with E-state index in [2.05, 4.69) is 9.73 Å². The minimum Gasteiger partial charge on any atom is -0.478 e. The highest BCUT2D eigenvalue weighted by molar-refractivity contribution is 5.85. The van der Waals surface area contributed by atoms with Gasteiger partial charge in [0.25, 0.3) is 0 Å². The average Bonchev–Trinajstić information content (AvgIpc) is 3.03. The topological polar surface area (TPSA) is 66.4 Å². The Morgan fingerprint density at radius 2 is 2.16 bits per heavy atom. The third-order valence-corrected chi connectivity index (χ3v) is 3.35. The van der Waals surface area contributed by atoms with E-state index in [4.69, 9.17) is 14.2 Å². The van der Waals surface area contributed by atoms with Crippen LogP contribution in [0.25, 0.3) is 0 Å². The summed E-state index contributed by atoms with van der Waals surface area (Å²) < 4.78 is 21.1. The van der Waals surface area contributed by atoms with E-state index in [-0.39, 0.29) is 5.97 Å². The van der Waals surface area contributed by atoms with Gasteiger partial charge in [-0.3, -0.25) is 0 Å². The highest BCUT2D eigenvalue weighted by atomic mass is 16.7. The zero-order chi connectivity index (χ0) is 13.7. The van der Waals surface area contributed by atoms with Crippen molar-refractivity contribution in [3.8, 4) is 0 Å². The number of rotatable bonds is 6. The molecule has 1 atom stereocenters. The maximum Gasteiger partial charge on any atom is 0.334 e. The molecule has 108 valence electrons. The SMILES string of the molecule is COC(=O)[C@H]1COC(CCCCC2(C)OCCO2)=N1. The van der Waals surface area contributed by atoms with E-state index in [9.17, 15) is 4.79 Å². The van der Waals surface area contributed by atoms with Crippen molar-refractivity contribution in [2.75, 3.05) is 26.9 Å². The van der Waals surface area contributed by atoms with Crippen LogP contribution in [0, 0.1) is 0 Å². The van der Waals surface area contributed by atoms with E-state index in [1.807, 2.05) is 6.92 Å². The third-order valence-electron chi connectivity index (χ3n) is 3.35. The fraction of sp³-hybridized carbons (Fsp3) is 0.846. The average molecular weight is 271 g/mol. The fourth-order valence-electron chi connectivity index (χ4n) is 2.24. The minimum atomic E-state index is -0.487. The quantitative estimate of drug-likeness (QED) is 0.538. The molecule has 2 rings (SSSR count). The largest absolute Gasteiger partial charge is 0.478 e. The molecule has 0 unspecified atom stereocenters. The summed E-state index contributed by atoms with van der Waals surface area (Å²) >= 11 is 0. The summed E-state index contributed by atoms with van der Waals surface area (Å²) in [5, 5.41) is 0. The third kappa shape index (κ3) is 3.91. The van der Waals surface area contributed by atoms with Crippen LogP contribution in [0.15, 0.2) is 4.99 Å². The van der Waals surface area contributed by atoms with Gasteiger partial charge in [0.15, 0.2) is 17.7 Å². The summed E-state index contributed by atoms with van der Waals surface area (Å²) in [6.07, 6.45) is 3.51. The monoisotopic (exact) mass is 271 g/mol. The van der Waals surface area contributed by atoms with Crippen molar-refractivity contribution < 1.29 is 23.7 Å². The Bertz CT molecular complexity index is 349. The molecular formula is C13H21NO5. The van der Waals surface area contributed by atoms with Crippen LogP contribution >= 0.6 is 0 Å². The number of esters is 1. The van der Waals surface area contributed by atoms with Gasteiger partial charge in [0.1, 0.15) is 6.61 Å². The number of methoxy groups -OCH3 is 1. The molecule has 0 bridgehead atoms. The van der Waals surface area contributed by atoms with Gasteiger partial charge < -0.3 is 18.9 Å². The molecule has 6 nitrogen and oxygen atoms in total. The van der Waals surface area contributed by atoms with E-state index < -0.39 is 11.8 Å². The Kier molecular flexibility index (Phi) is 4.76. The van der Waals surface area contributed by atoms with Gasteiger partial charge in [-0.25, -0.2) is 9.79 Å². The number of aliphatic imine (C=N–C) groups is 1. The van der Waals surface area contributed by atoms with E-state index in [1.54, 1.807) is 0 Å². The molecule has 1 saturated heterocycles. The second-order valence-corrected chi connectivity index (χ2v) is 4.91. The number of unbranched alkanes of at least 4 members (excludes halogenated alkanes) is 1. The van der Waals surface area contributed by atoms with Gasteiger partial charge in [-0.15, -0.1) is 0 Å². The van der Waals surface area contributed by atoms with Crippen molar-refractivity contribution in [3.05, 3.63) is 0 Å². The van der Waals surface area contributed by atoms with Crippen LogP contribution in [0.2, 0.25) is 0 Å². The first kappa shape index (κ1) is 14.3. The lowest BCUT2D eigenvalue weighted by molar-refractivity contribution is -0.147. The van der Waals surface area contributed by atoms with Crippen LogP contribution in [0.5, 0.6) is 0 Å². The van der Waals surface area contributed by atoms with Crippen LogP contribution in [-0.2, 0) is 23.7 Å². The predicted octanol–water partition coefficient (Wildman–Crippen LogP) is 1.28. The highest BCUT2D eigenvalue weighted by Crippen LogP contribution is 2.25. The first-order valence-corrected chi connectivity index (χ1v) is 6.68. The zero-order valence-corrected chi connectivity index (χ0v) is 11.5. The molecular weight excluding hydrogens is 250 g/mol. The Labute approximate surface area is 113 Å². The second kappa shape index (κ2) is 6.34. The summed E-state index contributed by atoms with van der Waals surface area (Å²) in [7, 11) is 1.36. The molecule has 2 aliphatic rings. The van der Waals surface area contributed by atoms with Crippen molar-refractivity contribution in [2.45, 2.75) is 44.4 Å². The summed E-state index contributed by atoms with van der Waals surface area (Å²) in [5.74, 6) is -0.114. The lowest BCUT2D eigenvalue weighted by Crippen LogP contribution is -2.25. The molecule has 0 radical (unpaired) electrons. The lowest BCUT2D eigenvalue weighted by atomic mass is 10.1. The number of ether oxygens (including phenoxy) is 4. The maximum absolute atomic E-state index is 11.3. The highest BCUT2D eigenvalue weighted by Gasteiger charge is 2.30. The standard InChI is InChI=1S/C13H21NO5/c1-13(18-7-8-19-13)6-4-3-5-11-14-10(9-17-11)12(15)16-2/h10H,3-9H2,1-2H3/t10-/m1/s1. The maximum atomic E-state index is 11.3. The lowest BCUT2D eigenvalue weighted by Gasteiger charge is -2.21. The first-order chi connectivity index (χ1) is 9.13. The molecule has 2 heterocycles. The van der Waals surface area contributed by atoms with Gasteiger partial charge in [0.05, 0.1) is 20.3 Å². The van der Waals surface area contributed by atoms with Gasteiger partial charge in [0, 0.05) is 12.8 Å². The summed E-state index contributed by atoms with van der Waals surface area (Å²) in [5.41, 5.74) is 0. The summed E-state index contributed by atoms with van der Waals surface area (Å²) in [6, 6.07) is -0.487. The van der Waals surface area contributed by atoms with Gasteiger partial charge in [-0.1, -0.05) is 0 Å². The molecule has 0 N–H and O–H groups in total. The summed E-state index contributed by atoms with van der Waals surface area (Å²) in [6.45, 7) is 3.61. The van der Waals surface area contributed by atoms with Gasteiger partial charge in [-0.2, -0.15) is 0 Å². The molecule has 0 aromatic heterocycles.